The number of aliphatic hydroxyl groups excluding tert-OH is 1. The van der Waals surface area contributed by atoms with Gasteiger partial charge >= 0.3 is 0 Å². The molecule has 2 aliphatic rings. The highest BCUT2D eigenvalue weighted by atomic mass is 16.3. The number of aromatic nitrogens is 4. The van der Waals surface area contributed by atoms with Crippen LogP contribution in [0.4, 0.5) is 0 Å². The Morgan fingerprint density at radius 1 is 1.38 bits per heavy atom. The van der Waals surface area contributed by atoms with Crippen LogP contribution in [0.2, 0.25) is 0 Å². The van der Waals surface area contributed by atoms with Crippen molar-refractivity contribution in [2.24, 2.45) is 13.0 Å². The minimum Gasteiger partial charge on any atom is -0.393 e. The van der Waals surface area contributed by atoms with Crippen molar-refractivity contribution in [2.75, 3.05) is 6.54 Å². The van der Waals surface area contributed by atoms with Crippen LogP contribution in [0.5, 0.6) is 0 Å². The molecule has 4 rings (SSSR count). The first-order valence-corrected chi connectivity index (χ1v) is 9.53. The van der Waals surface area contributed by atoms with E-state index >= 15 is 0 Å². The summed E-state index contributed by atoms with van der Waals surface area (Å²) in [6.07, 6.45) is 6.55. The summed E-state index contributed by atoms with van der Waals surface area (Å²) in [5.41, 5.74) is 1.93. The predicted octanol–water partition coefficient (Wildman–Crippen LogP) is 2.00. The van der Waals surface area contributed by atoms with Gasteiger partial charge in [-0.25, -0.2) is 4.98 Å². The van der Waals surface area contributed by atoms with Gasteiger partial charge in [-0.05, 0) is 44.6 Å². The molecule has 7 heteroatoms. The quantitative estimate of drug-likeness (QED) is 0.763. The van der Waals surface area contributed by atoms with Gasteiger partial charge in [0.15, 0.2) is 5.82 Å². The van der Waals surface area contributed by atoms with Crippen molar-refractivity contribution in [3.05, 3.63) is 35.2 Å². The van der Waals surface area contributed by atoms with Crippen molar-refractivity contribution >= 4 is 5.91 Å². The third-order valence-corrected chi connectivity index (χ3v) is 6.02. The summed E-state index contributed by atoms with van der Waals surface area (Å²) >= 11 is 0. The molecule has 3 atom stereocenters. The smallest absolute Gasteiger partial charge is 0.253 e. The first kappa shape index (κ1) is 17.3. The maximum atomic E-state index is 12.7. The van der Waals surface area contributed by atoms with E-state index in [1.807, 2.05) is 26.2 Å². The van der Waals surface area contributed by atoms with Crippen LogP contribution < -0.4 is 5.32 Å². The topological polar surface area (TPSA) is 95.8 Å². The lowest BCUT2D eigenvalue weighted by Crippen LogP contribution is -2.33. The highest BCUT2D eigenvalue weighted by Crippen LogP contribution is 2.39. The van der Waals surface area contributed by atoms with Crippen molar-refractivity contribution < 1.29 is 9.90 Å². The zero-order valence-corrected chi connectivity index (χ0v) is 15.4. The van der Waals surface area contributed by atoms with Crippen molar-refractivity contribution in [3.8, 4) is 0 Å². The van der Waals surface area contributed by atoms with Crippen molar-refractivity contribution in [3.63, 3.8) is 0 Å². The SMILES string of the molecule is Cc1nc([C@H]2C[C@H](CNC(=O)c3ccn(C)c3C3CCC3)[C@H](O)C2)n[nH]1. The highest BCUT2D eigenvalue weighted by Gasteiger charge is 2.36. The van der Waals surface area contributed by atoms with Crippen LogP contribution in [-0.4, -0.2) is 43.4 Å². The normalized spacial score (nSPS) is 26.0. The largest absolute Gasteiger partial charge is 0.393 e. The Balaban J connectivity index is 1.37. The monoisotopic (exact) mass is 357 g/mol. The summed E-state index contributed by atoms with van der Waals surface area (Å²) < 4.78 is 2.07. The molecule has 2 aromatic heterocycles. The minimum absolute atomic E-state index is 0.0307. The molecular weight excluding hydrogens is 330 g/mol. The Hall–Kier alpha value is -2.15. The number of aliphatic hydroxyl groups is 1. The van der Waals surface area contributed by atoms with Crippen LogP contribution in [0, 0.1) is 12.8 Å². The van der Waals surface area contributed by atoms with Crippen LogP contribution in [-0.2, 0) is 7.05 Å². The summed E-state index contributed by atoms with van der Waals surface area (Å²) in [5.74, 6) is 2.23. The number of aryl methyl sites for hydroxylation is 2. The lowest BCUT2D eigenvalue weighted by Gasteiger charge is -2.27. The molecule has 2 aliphatic carbocycles. The Morgan fingerprint density at radius 2 is 2.19 bits per heavy atom. The van der Waals surface area contributed by atoms with Crippen LogP contribution in [0.3, 0.4) is 0 Å². The molecule has 7 nitrogen and oxygen atoms in total. The molecule has 0 aliphatic heterocycles. The Labute approximate surface area is 153 Å². The molecule has 2 fully saturated rings. The number of H-pyrrole nitrogens is 1. The van der Waals surface area contributed by atoms with Crippen molar-refractivity contribution in [2.45, 2.75) is 57.0 Å². The third kappa shape index (κ3) is 3.16. The van der Waals surface area contributed by atoms with Gasteiger partial charge in [-0.15, -0.1) is 0 Å². The van der Waals surface area contributed by atoms with Gasteiger partial charge in [-0.2, -0.15) is 5.10 Å². The number of aromatic amines is 1. The van der Waals surface area contributed by atoms with Gasteiger partial charge in [-0.3, -0.25) is 9.89 Å². The molecule has 0 aromatic carbocycles. The van der Waals surface area contributed by atoms with Gasteiger partial charge < -0.3 is 15.0 Å². The van der Waals surface area contributed by atoms with E-state index < -0.39 is 6.10 Å². The van der Waals surface area contributed by atoms with Crippen LogP contribution in [0.25, 0.3) is 0 Å². The molecule has 3 N–H and O–H groups in total. The molecule has 140 valence electrons. The predicted molar refractivity (Wildman–Crippen MR) is 96.9 cm³/mol. The van der Waals surface area contributed by atoms with E-state index in [1.54, 1.807) is 0 Å². The number of nitrogens with zero attached hydrogens (tertiary/aromatic N) is 3. The molecule has 2 saturated carbocycles. The fourth-order valence-electron chi connectivity index (χ4n) is 4.32. The van der Waals surface area contributed by atoms with Crippen molar-refractivity contribution in [1.82, 2.24) is 25.1 Å². The first-order valence-electron chi connectivity index (χ1n) is 9.53. The van der Waals surface area contributed by atoms with Gasteiger partial charge in [0.05, 0.1) is 11.7 Å². The second kappa shape index (κ2) is 6.87. The van der Waals surface area contributed by atoms with Crippen LogP contribution in [0.15, 0.2) is 12.3 Å². The zero-order valence-electron chi connectivity index (χ0n) is 15.4. The number of rotatable bonds is 5. The van der Waals surface area contributed by atoms with Gasteiger partial charge in [-0.1, -0.05) is 6.42 Å². The van der Waals surface area contributed by atoms with Gasteiger partial charge in [0.25, 0.3) is 5.91 Å². The highest BCUT2D eigenvalue weighted by molar-refractivity contribution is 5.95. The Bertz CT molecular complexity index is 792. The van der Waals surface area contributed by atoms with Crippen LogP contribution >= 0.6 is 0 Å². The molecular formula is C19H27N5O2. The molecule has 1 amide bonds. The maximum absolute atomic E-state index is 12.7. The Kier molecular flexibility index (Phi) is 4.56. The first-order chi connectivity index (χ1) is 12.5. The fraction of sp³-hybridized carbons (Fsp3) is 0.632. The summed E-state index contributed by atoms with van der Waals surface area (Å²) in [7, 11) is 2.01. The summed E-state index contributed by atoms with van der Waals surface area (Å²) in [6.45, 7) is 2.36. The number of amides is 1. The Morgan fingerprint density at radius 3 is 2.85 bits per heavy atom. The number of carbonyl (C=O) groups excluding carboxylic acids is 1. The van der Waals surface area contributed by atoms with Gasteiger partial charge in [0, 0.05) is 37.3 Å². The second-order valence-corrected chi connectivity index (χ2v) is 7.84. The van der Waals surface area contributed by atoms with Gasteiger partial charge in [0.2, 0.25) is 0 Å². The average Bonchev–Trinajstić information content (AvgIpc) is 3.24. The molecule has 26 heavy (non-hydrogen) atoms. The molecule has 0 radical (unpaired) electrons. The minimum atomic E-state index is -0.430. The number of hydrogen-bond acceptors (Lipinski definition) is 4. The van der Waals surface area contributed by atoms with E-state index in [1.165, 1.54) is 6.42 Å². The standard InChI is InChI=1S/C19H27N5O2/c1-11-21-18(23-22-11)13-8-14(16(25)9-13)10-20-19(26)15-6-7-24(2)17(15)12-4-3-5-12/h6-7,12-14,16,25H,3-5,8-10H2,1-2H3,(H,20,26)(H,21,22,23)/t13-,14+,16+/m0/s1. The van der Waals surface area contributed by atoms with E-state index in [0.717, 1.165) is 42.2 Å². The fourth-order valence-corrected chi connectivity index (χ4v) is 4.32. The average molecular weight is 357 g/mol. The zero-order chi connectivity index (χ0) is 18.3. The van der Waals surface area contributed by atoms with E-state index in [9.17, 15) is 9.90 Å². The van der Waals surface area contributed by atoms with E-state index in [2.05, 4.69) is 25.1 Å². The third-order valence-electron chi connectivity index (χ3n) is 6.02. The number of nitrogens with one attached hydrogen (secondary N) is 2. The van der Waals surface area contributed by atoms with Crippen molar-refractivity contribution in [1.29, 1.82) is 0 Å². The second-order valence-electron chi connectivity index (χ2n) is 7.84. The molecule has 2 heterocycles. The lowest BCUT2D eigenvalue weighted by molar-refractivity contribution is 0.0914. The summed E-state index contributed by atoms with van der Waals surface area (Å²) in [6, 6.07) is 1.91. The summed E-state index contributed by atoms with van der Waals surface area (Å²) in [5, 5.41) is 20.5. The molecule has 0 spiro atoms. The summed E-state index contributed by atoms with van der Waals surface area (Å²) in [4.78, 5) is 17.1. The molecule has 0 saturated heterocycles. The number of carbonyl (C=O) groups is 1. The molecule has 0 unspecified atom stereocenters. The lowest BCUT2D eigenvalue weighted by atomic mass is 9.81. The number of hydrogen-bond donors (Lipinski definition) is 3. The maximum Gasteiger partial charge on any atom is 0.253 e. The van der Waals surface area contributed by atoms with E-state index in [-0.39, 0.29) is 17.7 Å². The van der Waals surface area contributed by atoms with E-state index in [4.69, 9.17) is 0 Å². The van der Waals surface area contributed by atoms with Gasteiger partial charge in [0.1, 0.15) is 5.82 Å². The molecule has 2 aromatic rings. The van der Waals surface area contributed by atoms with E-state index in [0.29, 0.717) is 18.9 Å². The molecule has 0 bridgehead atoms. The van der Waals surface area contributed by atoms with Crippen LogP contribution in [0.1, 0.15) is 71.6 Å².